The molecule has 0 aromatic rings. The molecule has 1 unspecified atom stereocenters. The normalized spacial score (nSPS) is 36.1. The zero-order chi connectivity index (χ0) is 21.2. The molecule has 9 nitrogen and oxygen atoms in total. The van der Waals surface area contributed by atoms with Gasteiger partial charge in [0.25, 0.3) is 0 Å². The lowest BCUT2D eigenvalue weighted by atomic mass is 9.99. The highest BCUT2D eigenvalue weighted by atomic mass is 17.2. The van der Waals surface area contributed by atoms with Crippen molar-refractivity contribution in [2.24, 2.45) is 5.92 Å². The Morgan fingerprint density at radius 3 is 2.39 bits per heavy atom. The van der Waals surface area contributed by atoms with Gasteiger partial charge in [0.15, 0.2) is 6.10 Å². The molecule has 0 saturated carbocycles. The predicted molar refractivity (Wildman–Crippen MR) is 74.8 cm³/mol. The van der Waals surface area contributed by atoms with Crippen molar-refractivity contribution >= 4 is 11.9 Å². The van der Waals surface area contributed by atoms with Crippen LogP contribution in [0.4, 0.5) is 0 Å². The molecule has 134 valence electrons. The molecule has 1 rings (SSSR count). The number of carbonyl (C=O) groups is 2. The maximum atomic E-state index is 12.2. The van der Waals surface area contributed by atoms with Crippen molar-refractivity contribution in [3.63, 3.8) is 0 Å². The Bertz CT molecular complexity index is 539. The molecule has 0 radical (unpaired) electrons. The zero-order valence-electron chi connectivity index (χ0n) is 16.7. The maximum Gasteiger partial charge on any atom is 0.345 e. The van der Waals surface area contributed by atoms with Crippen molar-refractivity contribution in [2.45, 2.75) is 70.1 Å². The Morgan fingerprint density at radius 1 is 1.22 bits per heavy atom. The predicted octanol–water partition coefficient (Wildman–Crippen LogP) is -0.430. The van der Waals surface area contributed by atoms with E-state index in [9.17, 15) is 24.9 Å². The van der Waals surface area contributed by atoms with E-state index < -0.39 is 61.3 Å². The summed E-state index contributed by atoms with van der Waals surface area (Å²) in [7, 11) is 0. The Kier molecular flexibility index (Phi) is 5.61. The molecule has 0 aromatic carbocycles. The number of ether oxygens (including phenoxy) is 1. The molecule has 1 heterocycles. The summed E-state index contributed by atoms with van der Waals surface area (Å²) in [6, 6.07) is 0. The van der Waals surface area contributed by atoms with Crippen molar-refractivity contribution in [2.75, 3.05) is 0 Å². The van der Waals surface area contributed by atoms with Crippen LogP contribution in [0.25, 0.3) is 0 Å². The molecule has 23 heavy (non-hydrogen) atoms. The number of hydrogen-bond acceptors (Lipinski definition) is 8. The van der Waals surface area contributed by atoms with Crippen LogP contribution in [0.1, 0.15) is 44.9 Å². The van der Waals surface area contributed by atoms with Crippen molar-refractivity contribution in [3.8, 4) is 0 Å². The Hall–Kier alpha value is -1.26. The van der Waals surface area contributed by atoms with Crippen LogP contribution < -0.4 is 0 Å². The molecule has 1 saturated heterocycles. The number of rotatable bonds is 8. The second-order valence-corrected chi connectivity index (χ2v) is 4.97. The van der Waals surface area contributed by atoms with Gasteiger partial charge in [-0.25, -0.2) is 9.59 Å². The minimum atomic E-state index is -2.62. The molecule has 1 fully saturated rings. The van der Waals surface area contributed by atoms with Crippen molar-refractivity contribution in [1.82, 2.24) is 0 Å². The first-order chi connectivity index (χ1) is 12.3. The summed E-state index contributed by atoms with van der Waals surface area (Å²) in [6.07, 6.45) is -14.6. The van der Waals surface area contributed by atoms with Gasteiger partial charge < -0.3 is 25.2 Å². The molecule has 0 aromatic heterocycles. The second-order valence-electron chi connectivity index (χ2n) is 4.97. The number of carbonyl (C=O) groups excluding carboxylic acids is 1. The summed E-state index contributed by atoms with van der Waals surface area (Å²) in [4.78, 5) is 32.2. The molecule has 0 amide bonds. The standard InChI is InChI=1S/C14H24O9/c1-3-5-7(6-4-2)13(20)22-23-14-10(17)8(15)9(16)11(21-14)12(18)19/h7-11,14-17H,3-6H2,1-2H3,(H,18,19)/t8-,9-,10+,11-,14-/m0/s1/i3D2,5D2/t7?,8-,9-,10+,11-,14-. The fourth-order valence-corrected chi connectivity index (χ4v) is 2.00. The quantitative estimate of drug-likeness (QED) is 0.342. The molecule has 4 N–H and O–H groups in total. The third-order valence-electron chi connectivity index (χ3n) is 3.22. The average Bonchev–Trinajstić information content (AvgIpc) is 2.55. The summed E-state index contributed by atoms with van der Waals surface area (Å²) < 4.78 is 35.7. The molecule has 1 aliphatic rings. The van der Waals surface area contributed by atoms with Crippen LogP contribution in [0.15, 0.2) is 0 Å². The molecule has 0 bridgehead atoms. The van der Waals surface area contributed by atoms with Crippen molar-refractivity contribution in [3.05, 3.63) is 0 Å². The smallest absolute Gasteiger partial charge is 0.345 e. The second kappa shape index (κ2) is 9.14. The lowest BCUT2D eigenvalue weighted by Crippen LogP contribution is -2.60. The highest BCUT2D eigenvalue weighted by Gasteiger charge is 2.48. The van der Waals surface area contributed by atoms with E-state index in [-0.39, 0.29) is 6.42 Å². The van der Waals surface area contributed by atoms with E-state index in [4.69, 9.17) is 15.3 Å². The fraction of sp³-hybridized carbons (Fsp3) is 0.857. The largest absolute Gasteiger partial charge is 0.479 e. The number of aliphatic carboxylic acids is 1. The van der Waals surface area contributed by atoms with Gasteiger partial charge in [0.1, 0.15) is 18.3 Å². The molecule has 6 atom stereocenters. The van der Waals surface area contributed by atoms with Crippen LogP contribution in [0.5, 0.6) is 0 Å². The maximum absolute atomic E-state index is 12.2. The Morgan fingerprint density at radius 2 is 1.87 bits per heavy atom. The highest BCUT2D eigenvalue weighted by molar-refractivity contribution is 5.73. The van der Waals surface area contributed by atoms with Gasteiger partial charge in [0, 0.05) is 5.48 Å². The van der Waals surface area contributed by atoms with E-state index in [1.807, 2.05) is 0 Å². The number of aliphatic hydroxyl groups excluding tert-OH is 3. The van der Waals surface area contributed by atoms with Crippen LogP contribution in [0, 0.1) is 5.92 Å². The number of carboxylic acids is 1. The zero-order valence-corrected chi connectivity index (χ0v) is 12.7. The lowest BCUT2D eigenvalue weighted by molar-refractivity contribution is -0.402. The molecular formula is C14H24O9. The monoisotopic (exact) mass is 340 g/mol. The van der Waals surface area contributed by atoms with E-state index in [0.29, 0.717) is 6.42 Å². The number of hydrogen-bond donors (Lipinski definition) is 4. The van der Waals surface area contributed by atoms with E-state index in [1.54, 1.807) is 6.92 Å². The van der Waals surface area contributed by atoms with Gasteiger partial charge in [0.2, 0.25) is 6.29 Å². The Labute approximate surface area is 139 Å². The first-order valence-electron chi connectivity index (χ1n) is 9.05. The number of carboxylic acid groups (broad SMARTS) is 1. The molecular weight excluding hydrogens is 312 g/mol. The van der Waals surface area contributed by atoms with Gasteiger partial charge in [-0.1, -0.05) is 26.6 Å². The SMILES string of the molecule is [2H]C([2H])(C)C([2H])([2H])C(CCC)C(=O)OO[C@@H]1O[C@H](C(=O)O)[C@@H](O)[C@H](O)[C@H]1O. The van der Waals surface area contributed by atoms with E-state index >= 15 is 0 Å². The average molecular weight is 340 g/mol. The first kappa shape index (κ1) is 14.1. The molecule has 0 aliphatic carbocycles. The van der Waals surface area contributed by atoms with Gasteiger partial charge in [-0.2, -0.15) is 0 Å². The Balaban J connectivity index is 2.87. The summed E-state index contributed by atoms with van der Waals surface area (Å²) in [6.45, 7) is 2.61. The molecule has 1 aliphatic heterocycles. The fourth-order valence-electron chi connectivity index (χ4n) is 2.00. The van der Waals surface area contributed by atoms with E-state index in [2.05, 4.69) is 9.78 Å². The van der Waals surface area contributed by atoms with E-state index in [1.165, 1.54) is 0 Å². The van der Waals surface area contributed by atoms with Crippen LogP contribution >= 0.6 is 0 Å². The van der Waals surface area contributed by atoms with Crippen molar-refractivity contribution < 1.29 is 50.0 Å². The summed E-state index contributed by atoms with van der Waals surface area (Å²) >= 11 is 0. The lowest BCUT2D eigenvalue weighted by Gasteiger charge is -2.37. The number of aliphatic hydroxyl groups is 3. The minimum Gasteiger partial charge on any atom is -0.479 e. The molecule has 0 spiro atoms. The van der Waals surface area contributed by atoms with Gasteiger partial charge in [0.05, 0.1) is 5.92 Å². The van der Waals surface area contributed by atoms with Crippen LogP contribution in [-0.2, 0) is 24.1 Å². The third kappa shape index (κ3) is 5.11. The third-order valence-corrected chi connectivity index (χ3v) is 3.22. The van der Waals surface area contributed by atoms with E-state index in [0.717, 1.165) is 6.92 Å². The highest BCUT2D eigenvalue weighted by Crippen LogP contribution is 2.23. The molecule has 9 heteroatoms. The van der Waals surface area contributed by atoms with Crippen LogP contribution in [0.2, 0.25) is 0 Å². The van der Waals surface area contributed by atoms with Crippen LogP contribution in [-0.4, -0.2) is 63.1 Å². The summed E-state index contributed by atoms with van der Waals surface area (Å²) in [5.41, 5.74) is 0. The van der Waals surface area contributed by atoms with Crippen molar-refractivity contribution in [1.29, 1.82) is 0 Å². The summed E-state index contributed by atoms with van der Waals surface area (Å²) in [5.74, 6) is -4.52. The minimum absolute atomic E-state index is 0.0737. The first-order valence-corrected chi connectivity index (χ1v) is 7.05. The topological polar surface area (TPSA) is 143 Å². The van der Waals surface area contributed by atoms with Gasteiger partial charge in [-0.3, -0.25) is 4.89 Å². The van der Waals surface area contributed by atoms with Gasteiger partial charge in [-0.15, -0.1) is 4.89 Å². The van der Waals surface area contributed by atoms with Gasteiger partial charge in [-0.05, 0) is 12.8 Å². The summed E-state index contributed by atoms with van der Waals surface area (Å²) in [5, 5.41) is 37.9. The van der Waals surface area contributed by atoms with Crippen LogP contribution in [0.3, 0.4) is 0 Å². The van der Waals surface area contributed by atoms with Gasteiger partial charge >= 0.3 is 11.9 Å².